The van der Waals surface area contributed by atoms with Crippen molar-refractivity contribution < 1.29 is 0 Å². The minimum absolute atomic E-state index is 0.315. The standard InChI is InChI=1S/C12H14N4S/c1-8(2)15-12(17)16-9-3-4-10-11(7-9)14-6-5-13-10/h3-8H,1-2H3,(H2,15,16,17). The minimum Gasteiger partial charge on any atom is -0.360 e. The molecule has 88 valence electrons. The number of hydrogen-bond donors (Lipinski definition) is 2. The average molecular weight is 246 g/mol. The van der Waals surface area contributed by atoms with Crippen LogP contribution in [-0.2, 0) is 0 Å². The predicted molar refractivity (Wildman–Crippen MR) is 74.0 cm³/mol. The summed E-state index contributed by atoms with van der Waals surface area (Å²) in [6.45, 7) is 4.08. The van der Waals surface area contributed by atoms with Crippen molar-refractivity contribution in [3.63, 3.8) is 0 Å². The van der Waals surface area contributed by atoms with Gasteiger partial charge in [0.1, 0.15) is 0 Å². The number of nitrogens with one attached hydrogen (secondary N) is 2. The van der Waals surface area contributed by atoms with Crippen LogP contribution in [-0.4, -0.2) is 21.1 Å². The molecule has 0 radical (unpaired) electrons. The zero-order valence-electron chi connectivity index (χ0n) is 9.77. The number of aromatic nitrogens is 2. The molecule has 0 saturated carbocycles. The van der Waals surface area contributed by atoms with Crippen molar-refractivity contribution in [2.75, 3.05) is 5.32 Å². The highest BCUT2D eigenvalue weighted by molar-refractivity contribution is 7.80. The Morgan fingerprint density at radius 2 is 1.88 bits per heavy atom. The third-order valence-electron chi connectivity index (χ3n) is 2.15. The van der Waals surface area contributed by atoms with Gasteiger partial charge in [-0.05, 0) is 44.3 Å². The van der Waals surface area contributed by atoms with Gasteiger partial charge in [0, 0.05) is 24.1 Å². The van der Waals surface area contributed by atoms with E-state index in [0.29, 0.717) is 11.2 Å². The van der Waals surface area contributed by atoms with Crippen LogP contribution in [0.4, 0.5) is 5.69 Å². The summed E-state index contributed by atoms with van der Waals surface area (Å²) in [5.41, 5.74) is 2.64. The van der Waals surface area contributed by atoms with Gasteiger partial charge in [0.2, 0.25) is 0 Å². The molecule has 1 aromatic carbocycles. The molecule has 2 rings (SSSR count). The molecule has 0 bridgehead atoms. The third kappa shape index (κ3) is 3.10. The molecule has 2 N–H and O–H groups in total. The molecule has 5 heteroatoms. The normalized spacial score (nSPS) is 10.5. The predicted octanol–water partition coefficient (Wildman–Crippen LogP) is 2.32. The van der Waals surface area contributed by atoms with Gasteiger partial charge in [-0.1, -0.05) is 0 Å². The Balaban J connectivity index is 2.17. The van der Waals surface area contributed by atoms with Crippen LogP contribution in [0.2, 0.25) is 0 Å². The first-order chi connectivity index (χ1) is 8.15. The zero-order chi connectivity index (χ0) is 12.3. The summed E-state index contributed by atoms with van der Waals surface area (Å²) in [4.78, 5) is 8.46. The molecule has 4 nitrogen and oxygen atoms in total. The van der Waals surface area contributed by atoms with Gasteiger partial charge in [-0.15, -0.1) is 0 Å². The Bertz CT molecular complexity index is 539. The SMILES string of the molecule is CC(C)NC(=S)Nc1ccc2nccnc2c1. The molecule has 1 heterocycles. The van der Waals surface area contributed by atoms with Crippen molar-refractivity contribution in [1.29, 1.82) is 0 Å². The Kier molecular flexibility index (Phi) is 3.49. The van der Waals surface area contributed by atoms with Gasteiger partial charge >= 0.3 is 0 Å². The van der Waals surface area contributed by atoms with Crippen LogP contribution in [0.3, 0.4) is 0 Å². The van der Waals surface area contributed by atoms with Crippen molar-refractivity contribution in [2.45, 2.75) is 19.9 Å². The zero-order valence-corrected chi connectivity index (χ0v) is 10.6. The van der Waals surface area contributed by atoms with Crippen LogP contribution in [0.25, 0.3) is 11.0 Å². The molecule has 0 spiro atoms. The van der Waals surface area contributed by atoms with E-state index in [9.17, 15) is 0 Å². The van der Waals surface area contributed by atoms with E-state index < -0.39 is 0 Å². The van der Waals surface area contributed by atoms with Gasteiger partial charge in [-0.2, -0.15) is 0 Å². The van der Waals surface area contributed by atoms with Crippen molar-refractivity contribution in [3.8, 4) is 0 Å². The van der Waals surface area contributed by atoms with Crippen LogP contribution in [0.5, 0.6) is 0 Å². The Morgan fingerprint density at radius 1 is 1.18 bits per heavy atom. The fraction of sp³-hybridized carbons (Fsp3) is 0.250. The summed E-state index contributed by atoms with van der Waals surface area (Å²) in [6, 6.07) is 6.10. The van der Waals surface area contributed by atoms with Gasteiger partial charge in [0.25, 0.3) is 0 Å². The van der Waals surface area contributed by atoms with Crippen molar-refractivity contribution in [2.24, 2.45) is 0 Å². The summed E-state index contributed by atoms with van der Waals surface area (Å²) in [6.07, 6.45) is 3.36. The Labute approximate surface area is 105 Å². The highest BCUT2D eigenvalue weighted by atomic mass is 32.1. The molecule has 1 aromatic heterocycles. The van der Waals surface area contributed by atoms with Crippen LogP contribution < -0.4 is 10.6 Å². The van der Waals surface area contributed by atoms with E-state index in [2.05, 4.69) is 20.6 Å². The van der Waals surface area contributed by atoms with Gasteiger partial charge < -0.3 is 10.6 Å². The third-order valence-corrected chi connectivity index (χ3v) is 2.37. The number of rotatable bonds is 2. The van der Waals surface area contributed by atoms with E-state index >= 15 is 0 Å². The van der Waals surface area contributed by atoms with Gasteiger partial charge in [0.05, 0.1) is 11.0 Å². The summed E-state index contributed by atoms with van der Waals surface area (Å²) >= 11 is 5.18. The van der Waals surface area contributed by atoms with Crippen molar-refractivity contribution in [1.82, 2.24) is 15.3 Å². The lowest BCUT2D eigenvalue weighted by Gasteiger charge is -2.13. The minimum atomic E-state index is 0.315. The molecule has 0 aliphatic carbocycles. The molecule has 0 amide bonds. The number of hydrogen-bond acceptors (Lipinski definition) is 3. The number of benzene rings is 1. The molecule has 0 saturated heterocycles. The van der Waals surface area contributed by atoms with Gasteiger partial charge in [0.15, 0.2) is 5.11 Å². The lowest BCUT2D eigenvalue weighted by molar-refractivity contribution is 0.739. The molecule has 0 aliphatic rings. The van der Waals surface area contributed by atoms with E-state index in [0.717, 1.165) is 16.7 Å². The van der Waals surface area contributed by atoms with E-state index in [-0.39, 0.29) is 0 Å². The fourth-order valence-corrected chi connectivity index (χ4v) is 1.82. The number of anilines is 1. The highest BCUT2D eigenvalue weighted by Crippen LogP contribution is 2.14. The van der Waals surface area contributed by atoms with Gasteiger partial charge in [-0.25, -0.2) is 0 Å². The fourth-order valence-electron chi connectivity index (χ4n) is 1.47. The monoisotopic (exact) mass is 246 g/mol. The quantitative estimate of drug-likeness (QED) is 0.796. The lowest BCUT2D eigenvalue weighted by Crippen LogP contribution is -2.33. The molecule has 0 atom stereocenters. The molecular formula is C12H14N4S. The lowest BCUT2D eigenvalue weighted by atomic mass is 10.2. The number of nitrogens with zero attached hydrogens (tertiary/aromatic N) is 2. The average Bonchev–Trinajstić information content (AvgIpc) is 2.27. The maximum absolute atomic E-state index is 5.18. The van der Waals surface area contributed by atoms with E-state index in [1.54, 1.807) is 12.4 Å². The molecular weight excluding hydrogens is 232 g/mol. The van der Waals surface area contributed by atoms with Gasteiger partial charge in [-0.3, -0.25) is 9.97 Å². The first kappa shape index (κ1) is 11.7. The topological polar surface area (TPSA) is 49.8 Å². The second kappa shape index (κ2) is 5.05. The molecule has 0 unspecified atom stereocenters. The van der Waals surface area contributed by atoms with Crippen molar-refractivity contribution in [3.05, 3.63) is 30.6 Å². The molecule has 0 aliphatic heterocycles. The second-order valence-electron chi connectivity index (χ2n) is 4.01. The largest absolute Gasteiger partial charge is 0.360 e. The van der Waals surface area contributed by atoms with Crippen LogP contribution in [0, 0.1) is 0 Å². The number of fused-ring (bicyclic) bond motifs is 1. The smallest absolute Gasteiger partial charge is 0.170 e. The Morgan fingerprint density at radius 3 is 2.59 bits per heavy atom. The number of thiocarbonyl (C=S) groups is 1. The first-order valence-corrected chi connectivity index (χ1v) is 5.84. The van der Waals surface area contributed by atoms with Crippen LogP contribution in [0.1, 0.15) is 13.8 Å². The maximum Gasteiger partial charge on any atom is 0.170 e. The first-order valence-electron chi connectivity index (χ1n) is 5.43. The second-order valence-corrected chi connectivity index (χ2v) is 4.42. The molecule has 17 heavy (non-hydrogen) atoms. The van der Waals surface area contributed by atoms with E-state index in [1.807, 2.05) is 32.0 Å². The molecule has 0 fully saturated rings. The summed E-state index contributed by atoms with van der Waals surface area (Å²) in [5.74, 6) is 0. The maximum atomic E-state index is 5.18. The highest BCUT2D eigenvalue weighted by Gasteiger charge is 2.01. The van der Waals surface area contributed by atoms with E-state index in [4.69, 9.17) is 12.2 Å². The Hall–Kier alpha value is -1.75. The molecule has 2 aromatic rings. The van der Waals surface area contributed by atoms with Crippen LogP contribution >= 0.6 is 12.2 Å². The van der Waals surface area contributed by atoms with E-state index in [1.165, 1.54) is 0 Å². The van der Waals surface area contributed by atoms with Crippen LogP contribution in [0.15, 0.2) is 30.6 Å². The van der Waals surface area contributed by atoms with Crippen molar-refractivity contribution >= 4 is 34.1 Å². The summed E-state index contributed by atoms with van der Waals surface area (Å²) in [7, 11) is 0. The summed E-state index contributed by atoms with van der Waals surface area (Å²) < 4.78 is 0. The summed E-state index contributed by atoms with van der Waals surface area (Å²) in [5, 5.41) is 6.86.